The molecule has 1 aromatic heterocycles. The van der Waals surface area contributed by atoms with Crippen LogP contribution in [0, 0.1) is 0 Å². The van der Waals surface area contributed by atoms with Crippen LogP contribution in [0.15, 0.2) is 41.5 Å². The van der Waals surface area contributed by atoms with Gasteiger partial charge >= 0.3 is 6.18 Å². The Morgan fingerprint density at radius 1 is 1.28 bits per heavy atom. The minimum atomic E-state index is -4.60. The molecule has 2 aromatic rings. The fourth-order valence-electron chi connectivity index (χ4n) is 2.52. The summed E-state index contributed by atoms with van der Waals surface area (Å²) in [5.74, 6) is -0.468. The van der Waals surface area contributed by atoms with Gasteiger partial charge in [-0.3, -0.25) is 14.2 Å². The molecule has 0 spiro atoms. The molecule has 25 heavy (non-hydrogen) atoms. The Labute approximate surface area is 141 Å². The number of aromatic nitrogens is 2. The molecule has 0 bridgehead atoms. The van der Waals surface area contributed by atoms with Gasteiger partial charge in [-0.2, -0.15) is 13.2 Å². The average molecular weight is 351 g/mol. The Morgan fingerprint density at radius 3 is 2.64 bits per heavy atom. The highest BCUT2D eigenvalue weighted by molar-refractivity contribution is 5.95. The zero-order valence-electron chi connectivity index (χ0n) is 13.2. The molecule has 1 fully saturated rings. The quantitative estimate of drug-likeness (QED) is 0.901. The molecule has 1 aromatic carbocycles. The Morgan fingerprint density at radius 2 is 2.00 bits per heavy atom. The van der Waals surface area contributed by atoms with Crippen molar-refractivity contribution in [2.24, 2.45) is 0 Å². The van der Waals surface area contributed by atoms with Crippen LogP contribution in [0.25, 0.3) is 0 Å². The summed E-state index contributed by atoms with van der Waals surface area (Å²) in [4.78, 5) is 28.2. The maximum Gasteiger partial charge on any atom is 0.417 e. The molecular weight excluding hydrogens is 335 g/mol. The van der Waals surface area contributed by atoms with Crippen LogP contribution < -0.4 is 10.9 Å². The van der Waals surface area contributed by atoms with Crippen LogP contribution in [-0.2, 0) is 12.7 Å². The maximum atomic E-state index is 12.9. The van der Waals surface area contributed by atoms with Gasteiger partial charge in [0.15, 0.2) is 0 Å². The molecule has 1 heterocycles. The molecule has 1 N–H and O–H groups in total. The number of halogens is 3. The Kier molecular flexibility index (Phi) is 4.61. The van der Waals surface area contributed by atoms with E-state index >= 15 is 0 Å². The summed E-state index contributed by atoms with van der Waals surface area (Å²) in [7, 11) is 0. The lowest BCUT2D eigenvalue weighted by molar-refractivity contribution is -0.137. The van der Waals surface area contributed by atoms with Gasteiger partial charge in [0.05, 0.1) is 23.1 Å². The first-order valence-electron chi connectivity index (χ1n) is 7.87. The molecule has 0 saturated heterocycles. The molecule has 1 saturated carbocycles. The molecule has 1 aliphatic carbocycles. The van der Waals surface area contributed by atoms with Crippen molar-refractivity contribution < 1.29 is 18.0 Å². The van der Waals surface area contributed by atoms with E-state index in [4.69, 9.17) is 0 Å². The lowest BCUT2D eigenvalue weighted by Gasteiger charge is -2.13. The van der Waals surface area contributed by atoms with Crippen LogP contribution in [0.3, 0.4) is 0 Å². The predicted octanol–water partition coefficient (Wildman–Crippen LogP) is 2.57. The number of carbonyl (C=O) groups excluding carboxylic acids is 1. The highest BCUT2D eigenvalue weighted by atomic mass is 19.4. The SMILES string of the molecule is O=C(NCCn1cnc(C2CC2)cc1=O)c1ccccc1C(F)(F)F. The number of nitrogens with one attached hydrogen (secondary N) is 1. The van der Waals surface area contributed by atoms with E-state index in [9.17, 15) is 22.8 Å². The molecular formula is C17H16F3N3O2. The summed E-state index contributed by atoms with van der Waals surface area (Å²) in [6.07, 6.45) is -1.13. The topological polar surface area (TPSA) is 64.0 Å². The van der Waals surface area contributed by atoms with Crippen LogP contribution in [0.5, 0.6) is 0 Å². The molecule has 0 atom stereocenters. The summed E-state index contributed by atoms with van der Waals surface area (Å²) in [6, 6.07) is 6.05. The number of benzene rings is 1. The Hall–Kier alpha value is -2.64. The number of nitrogens with zero attached hydrogens (tertiary/aromatic N) is 2. The average Bonchev–Trinajstić information content (AvgIpc) is 3.40. The van der Waals surface area contributed by atoms with E-state index in [2.05, 4.69) is 10.3 Å². The lowest BCUT2D eigenvalue weighted by atomic mass is 10.1. The summed E-state index contributed by atoms with van der Waals surface area (Å²) in [5.41, 5.74) is -0.893. The smallest absolute Gasteiger partial charge is 0.350 e. The third-order valence-corrected chi connectivity index (χ3v) is 4.01. The Bertz CT molecular complexity index is 842. The van der Waals surface area contributed by atoms with E-state index in [-0.39, 0.29) is 18.6 Å². The first-order valence-corrected chi connectivity index (χ1v) is 7.87. The minimum absolute atomic E-state index is 0.0232. The van der Waals surface area contributed by atoms with E-state index in [0.29, 0.717) is 5.92 Å². The number of alkyl halides is 3. The van der Waals surface area contributed by atoms with Crippen LogP contribution in [0.1, 0.15) is 40.4 Å². The molecule has 8 heteroatoms. The van der Waals surface area contributed by atoms with Crippen molar-refractivity contribution in [2.45, 2.75) is 31.5 Å². The maximum absolute atomic E-state index is 12.9. The summed E-state index contributed by atoms with van der Waals surface area (Å²) in [6.45, 7) is 0.159. The van der Waals surface area contributed by atoms with Gasteiger partial charge in [0.2, 0.25) is 0 Å². The molecule has 132 valence electrons. The normalized spacial score (nSPS) is 14.4. The van der Waals surface area contributed by atoms with Crippen molar-refractivity contribution in [3.05, 3.63) is 63.8 Å². The van der Waals surface area contributed by atoms with Gasteiger partial charge < -0.3 is 5.32 Å². The predicted molar refractivity (Wildman–Crippen MR) is 84.2 cm³/mol. The van der Waals surface area contributed by atoms with Crippen LogP contribution in [-0.4, -0.2) is 22.0 Å². The molecule has 0 aliphatic heterocycles. The summed E-state index contributed by atoms with van der Waals surface area (Å²) in [5, 5.41) is 2.41. The monoisotopic (exact) mass is 351 g/mol. The van der Waals surface area contributed by atoms with Crippen molar-refractivity contribution >= 4 is 5.91 Å². The molecule has 0 unspecified atom stereocenters. The zero-order valence-corrected chi connectivity index (χ0v) is 13.2. The van der Waals surface area contributed by atoms with Gasteiger partial charge in [-0.25, -0.2) is 4.98 Å². The number of rotatable bonds is 5. The Balaban J connectivity index is 1.63. The number of carbonyl (C=O) groups is 1. The van der Waals surface area contributed by atoms with Gasteiger partial charge in [-0.05, 0) is 25.0 Å². The van der Waals surface area contributed by atoms with Gasteiger partial charge in [-0.1, -0.05) is 12.1 Å². The lowest BCUT2D eigenvalue weighted by Crippen LogP contribution is -2.32. The second-order valence-electron chi connectivity index (χ2n) is 5.92. The molecule has 5 nitrogen and oxygen atoms in total. The van der Waals surface area contributed by atoms with E-state index in [1.807, 2.05) is 0 Å². The van der Waals surface area contributed by atoms with Crippen molar-refractivity contribution in [1.82, 2.24) is 14.9 Å². The first-order chi connectivity index (χ1) is 11.9. The standard InChI is InChI=1S/C17H16F3N3O2/c18-17(19,20)13-4-2-1-3-12(13)16(25)21-7-8-23-10-22-14(9-15(23)24)11-5-6-11/h1-4,9-11H,5-8H2,(H,21,25). The number of hydrogen-bond donors (Lipinski definition) is 1. The highest BCUT2D eigenvalue weighted by Crippen LogP contribution is 2.38. The van der Waals surface area contributed by atoms with E-state index in [1.165, 1.54) is 29.1 Å². The summed E-state index contributed by atoms with van der Waals surface area (Å²) < 4.78 is 40.1. The van der Waals surface area contributed by atoms with Crippen LogP contribution in [0.2, 0.25) is 0 Å². The van der Waals surface area contributed by atoms with E-state index < -0.39 is 23.2 Å². The van der Waals surface area contributed by atoms with Crippen LogP contribution in [0.4, 0.5) is 13.2 Å². The molecule has 0 radical (unpaired) electrons. The fraction of sp³-hybridized carbons (Fsp3) is 0.353. The van der Waals surface area contributed by atoms with Crippen molar-refractivity contribution in [1.29, 1.82) is 0 Å². The second kappa shape index (κ2) is 6.70. The van der Waals surface area contributed by atoms with Gasteiger partial charge in [0.25, 0.3) is 11.5 Å². The van der Waals surface area contributed by atoms with Gasteiger partial charge in [0, 0.05) is 25.1 Å². The molecule has 1 aliphatic rings. The zero-order chi connectivity index (χ0) is 18.0. The number of amides is 1. The third-order valence-electron chi connectivity index (χ3n) is 4.01. The molecule has 1 amide bonds. The summed E-state index contributed by atoms with van der Waals surface area (Å²) >= 11 is 0. The third kappa shape index (κ3) is 4.07. The van der Waals surface area contributed by atoms with Gasteiger partial charge in [0.1, 0.15) is 0 Å². The highest BCUT2D eigenvalue weighted by Gasteiger charge is 2.34. The van der Waals surface area contributed by atoms with Crippen molar-refractivity contribution in [2.75, 3.05) is 6.54 Å². The van der Waals surface area contributed by atoms with Crippen molar-refractivity contribution in [3.63, 3.8) is 0 Å². The fourth-order valence-corrected chi connectivity index (χ4v) is 2.52. The molecule has 3 rings (SSSR count). The van der Waals surface area contributed by atoms with E-state index in [1.54, 1.807) is 0 Å². The van der Waals surface area contributed by atoms with E-state index in [0.717, 1.165) is 30.7 Å². The second-order valence-corrected chi connectivity index (χ2v) is 5.92. The number of hydrogen-bond acceptors (Lipinski definition) is 3. The first kappa shape index (κ1) is 17.2. The van der Waals surface area contributed by atoms with Crippen molar-refractivity contribution in [3.8, 4) is 0 Å². The largest absolute Gasteiger partial charge is 0.417 e. The minimum Gasteiger partial charge on any atom is -0.350 e. The van der Waals surface area contributed by atoms with Crippen LogP contribution >= 0.6 is 0 Å². The van der Waals surface area contributed by atoms with Gasteiger partial charge in [-0.15, -0.1) is 0 Å².